The zero-order chi connectivity index (χ0) is 12.3. The van der Waals surface area contributed by atoms with Gasteiger partial charge in [-0.05, 0) is 32.2 Å². The number of hydrogen-bond acceptors (Lipinski definition) is 3. The van der Waals surface area contributed by atoms with E-state index in [2.05, 4.69) is 21.8 Å². The van der Waals surface area contributed by atoms with Crippen molar-refractivity contribution in [3.8, 4) is 0 Å². The van der Waals surface area contributed by atoms with Crippen LogP contribution in [0, 0.1) is 0 Å². The zero-order valence-corrected chi connectivity index (χ0v) is 11.1. The summed E-state index contributed by atoms with van der Waals surface area (Å²) in [6.07, 6.45) is 8.48. The molecule has 0 spiro atoms. The van der Waals surface area contributed by atoms with E-state index in [1.54, 1.807) is 0 Å². The van der Waals surface area contributed by atoms with Crippen molar-refractivity contribution in [2.45, 2.75) is 44.2 Å². The van der Waals surface area contributed by atoms with Gasteiger partial charge in [0.25, 0.3) is 0 Å². The number of imidazole rings is 1. The van der Waals surface area contributed by atoms with Gasteiger partial charge in [0.2, 0.25) is 0 Å². The largest absolute Gasteiger partial charge is 0.376 e. The normalized spacial score (nSPS) is 19.9. The number of hydrogen-bond donors (Lipinski definition) is 1. The van der Waals surface area contributed by atoms with Crippen molar-refractivity contribution >= 4 is 0 Å². The van der Waals surface area contributed by atoms with Crippen LogP contribution in [-0.4, -0.2) is 28.8 Å². The Morgan fingerprint density at radius 1 is 1.59 bits per heavy atom. The van der Waals surface area contributed by atoms with Gasteiger partial charge in [-0.1, -0.05) is 6.92 Å². The van der Waals surface area contributed by atoms with E-state index in [-0.39, 0.29) is 11.6 Å². The average Bonchev–Trinajstić information content (AvgIpc) is 2.68. The minimum Gasteiger partial charge on any atom is -0.376 e. The predicted molar refractivity (Wildman–Crippen MR) is 67.8 cm³/mol. The molecular formula is C13H23N3O. The summed E-state index contributed by atoms with van der Waals surface area (Å²) in [5.41, 5.74) is -0.0473. The molecule has 1 aliphatic carbocycles. The quantitative estimate of drug-likeness (QED) is 0.823. The third kappa shape index (κ3) is 2.24. The molecule has 1 unspecified atom stereocenters. The van der Waals surface area contributed by atoms with Crippen LogP contribution < -0.4 is 5.32 Å². The lowest BCUT2D eigenvalue weighted by molar-refractivity contribution is -0.102. The number of aryl methyl sites for hydroxylation is 1. The van der Waals surface area contributed by atoms with Gasteiger partial charge in [-0.15, -0.1) is 0 Å². The summed E-state index contributed by atoms with van der Waals surface area (Å²) in [6, 6.07) is 0.209. The highest BCUT2D eigenvalue weighted by Crippen LogP contribution is 2.44. The first-order chi connectivity index (χ1) is 8.23. The van der Waals surface area contributed by atoms with Crippen molar-refractivity contribution in [2.75, 3.05) is 13.7 Å². The van der Waals surface area contributed by atoms with E-state index in [9.17, 15) is 0 Å². The standard InChI is InChI=1S/C13H23N3O/c1-4-8-14-11(12-15-9-10-16(12)2)13(17-3)6-5-7-13/h9-11,14H,4-8H2,1-3H3. The Balaban J connectivity index is 2.21. The molecule has 1 atom stereocenters. The third-order valence-corrected chi connectivity index (χ3v) is 3.85. The Morgan fingerprint density at radius 2 is 2.35 bits per heavy atom. The van der Waals surface area contributed by atoms with Crippen molar-refractivity contribution in [1.29, 1.82) is 0 Å². The van der Waals surface area contributed by atoms with E-state index in [0.29, 0.717) is 0 Å². The van der Waals surface area contributed by atoms with Crippen LogP contribution in [-0.2, 0) is 11.8 Å². The molecule has 96 valence electrons. The van der Waals surface area contributed by atoms with Gasteiger partial charge in [0.15, 0.2) is 0 Å². The first-order valence-corrected chi connectivity index (χ1v) is 6.49. The summed E-state index contributed by atoms with van der Waals surface area (Å²) in [4.78, 5) is 4.49. The molecule has 4 heteroatoms. The van der Waals surface area contributed by atoms with E-state index in [1.165, 1.54) is 6.42 Å². The third-order valence-electron chi connectivity index (χ3n) is 3.85. The Labute approximate surface area is 103 Å². The summed E-state index contributed by atoms with van der Waals surface area (Å²) in [5.74, 6) is 1.08. The van der Waals surface area contributed by atoms with Gasteiger partial charge in [0.1, 0.15) is 5.82 Å². The van der Waals surface area contributed by atoms with E-state index in [1.807, 2.05) is 26.6 Å². The molecule has 0 amide bonds. The second kappa shape index (κ2) is 5.19. The number of nitrogens with zero attached hydrogens (tertiary/aromatic N) is 2. The first kappa shape index (κ1) is 12.6. The molecule has 1 aromatic rings. The van der Waals surface area contributed by atoms with E-state index >= 15 is 0 Å². The lowest BCUT2D eigenvalue weighted by Gasteiger charge is -2.46. The van der Waals surface area contributed by atoms with Gasteiger partial charge in [0, 0.05) is 26.6 Å². The summed E-state index contributed by atoms with van der Waals surface area (Å²) < 4.78 is 7.89. The number of ether oxygens (including phenoxy) is 1. The van der Waals surface area contributed by atoms with Crippen molar-refractivity contribution in [3.63, 3.8) is 0 Å². The summed E-state index contributed by atoms with van der Waals surface area (Å²) in [6.45, 7) is 3.19. The Bertz CT molecular complexity index is 352. The van der Waals surface area contributed by atoms with Crippen molar-refractivity contribution < 1.29 is 4.74 Å². The molecular weight excluding hydrogens is 214 g/mol. The molecule has 4 nitrogen and oxygen atoms in total. The van der Waals surface area contributed by atoms with Gasteiger partial charge in [-0.3, -0.25) is 0 Å². The molecule has 17 heavy (non-hydrogen) atoms. The van der Waals surface area contributed by atoms with E-state index in [0.717, 1.165) is 31.6 Å². The predicted octanol–water partition coefficient (Wildman–Crippen LogP) is 2.03. The molecule has 1 aromatic heterocycles. The van der Waals surface area contributed by atoms with Crippen LogP contribution in [0.4, 0.5) is 0 Å². The molecule has 0 radical (unpaired) electrons. The molecule has 0 saturated heterocycles. The Hall–Kier alpha value is -0.870. The van der Waals surface area contributed by atoms with E-state index < -0.39 is 0 Å². The zero-order valence-electron chi connectivity index (χ0n) is 11.1. The monoisotopic (exact) mass is 237 g/mol. The van der Waals surface area contributed by atoms with Crippen molar-refractivity contribution in [2.24, 2.45) is 7.05 Å². The van der Waals surface area contributed by atoms with Crippen LogP contribution in [0.1, 0.15) is 44.5 Å². The SMILES string of the molecule is CCCNC(c1nccn1C)C1(OC)CCC1. The topological polar surface area (TPSA) is 39.1 Å². The van der Waals surface area contributed by atoms with Crippen LogP contribution in [0.25, 0.3) is 0 Å². The highest BCUT2D eigenvalue weighted by molar-refractivity contribution is 5.11. The maximum atomic E-state index is 5.80. The highest BCUT2D eigenvalue weighted by atomic mass is 16.5. The smallest absolute Gasteiger partial charge is 0.128 e. The summed E-state index contributed by atoms with van der Waals surface area (Å²) >= 11 is 0. The van der Waals surface area contributed by atoms with E-state index in [4.69, 9.17) is 4.74 Å². The maximum Gasteiger partial charge on any atom is 0.128 e. The lowest BCUT2D eigenvalue weighted by Crippen LogP contribution is -2.51. The molecule has 1 aliphatic rings. The van der Waals surface area contributed by atoms with Crippen LogP contribution >= 0.6 is 0 Å². The minimum atomic E-state index is -0.0473. The van der Waals surface area contributed by atoms with Crippen LogP contribution in [0.5, 0.6) is 0 Å². The average molecular weight is 237 g/mol. The fourth-order valence-corrected chi connectivity index (χ4v) is 2.59. The lowest BCUT2D eigenvalue weighted by atomic mass is 9.74. The fraction of sp³-hybridized carbons (Fsp3) is 0.769. The molecule has 0 aromatic carbocycles. The van der Waals surface area contributed by atoms with Crippen LogP contribution in [0.3, 0.4) is 0 Å². The minimum absolute atomic E-state index is 0.0473. The van der Waals surface area contributed by atoms with Crippen LogP contribution in [0.2, 0.25) is 0 Å². The van der Waals surface area contributed by atoms with Crippen LogP contribution in [0.15, 0.2) is 12.4 Å². The van der Waals surface area contributed by atoms with Gasteiger partial charge < -0.3 is 14.6 Å². The maximum absolute atomic E-state index is 5.80. The van der Waals surface area contributed by atoms with Gasteiger partial charge >= 0.3 is 0 Å². The number of rotatable bonds is 6. The molecule has 2 rings (SSSR count). The summed E-state index contributed by atoms with van der Waals surface area (Å²) in [7, 11) is 3.87. The second-order valence-corrected chi connectivity index (χ2v) is 4.91. The molecule has 1 heterocycles. The molecule has 0 bridgehead atoms. The number of aromatic nitrogens is 2. The number of nitrogens with one attached hydrogen (secondary N) is 1. The molecule has 1 fully saturated rings. The van der Waals surface area contributed by atoms with Gasteiger partial charge in [-0.25, -0.2) is 4.98 Å². The fourth-order valence-electron chi connectivity index (χ4n) is 2.59. The molecule has 1 N–H and O–H groups in total. The van der Waals surface area contributed by atoms with Gasteiger partial charge in [0.05, 0.1) is 11.6 Å². The highest BCUT2D eigenvalue weighted by Gasteiger charge is 2.46. The molecule has 0 aliphatic heterocycles. The van der Waals surface area contributed by atoms with Crippen molar-refractivity contribution in [3.05, 3.63) is 18.2 Å². The first-order valence-electron chi connectivity index (χ1n) is 6.49. The summed E-state index contributed by atoms with van der Waals surface area (Å²) in [5, 5.41) is 3.60. The second-order valence-electron chi connectivity index (χ2n) is 4.91. The number of methoxy groups -OCH3 is 1. The van der Waals surface area contributed by atoms with Crippen molar-refractivity contribution in [1.82, 2.24) is 14.9 Å². The Morgan fingerprint density at radius 3 is 2.76 bits per heavy atom. The van der Waals surface area contributed by atoms with Gasteiger partial charge in [-0.2, -0.15) is 0 Å². The Kier molecular flexibility index (Phi) is 3.84. The molecule has 1 saturated carbocycles.